The molecule has 2 saturated heterocycles. The Morgan fingerprint density at radius 1 is 1.38 bits per heavy atom. The molecule has 0 aliphatic carbocycles. The molecule has 2 nitrogen and oxygen atoms in total. The van der Waals surface area contributed by atoms with Gasteiger partial charge in [0.1, 0.15) is 0 Å². The summed E-state index contributed by atoms with van der Waals surface area (Å²) in [6, 6.07) is 0.690. The van der Waals surface area contributed by atoms with Crippen LogP contribution in [-0.2, 0) is 0 Å². The van der Waals surface area contributed by atoms with Crippen molar-refractivity contribution < 1.29 is 0 Å². The summed E-state index contributed by atoms with van der Waals surface area (Å²) < 4.78 is 0. The van der Waals surface area contributed by atoms with E-state index in [0.29, 0.717) is 6.04 Å². The van der Waals surface area contributed by atoms with Gasteiger partial charge in [0.25, 0.3) is 0 Å². The zero-order valence-corrected chi connectivity index (χ0v) is 4.93. The highest BCUT2D eigenvalue weighted by Crippen LogP contribution is 2.19. The molecule has 2 aliphatic heterocycles. The molecule has 2 heteroatoms. The van der Waals surface area contributed by atoms with Gasteiger partial charge in [0.05, 0.1) is 0 Å². The summed E-state index contributed by atoms with van der Waals surface area (Å²) in [6.45, 7) is 3.48. The number of hydrogen-bond acceptors (Lipinski definition) is 1. The highest BCUT2D eigenvalue weighted by atomic mass is 15.1. The molecule has 0 aromatic heterocycles. The lowest BCUT2D eigenvalue weighted by Crippen LogP contribution is -2.21. The topological polar surface area (TPSA) is 26.1 Å². The molecule has 2 rings (SSSR count). The Balaban J connectivity index is 2.04. The van der Waals surface area contributed by atoms with E-state index in [1.54, 1.807) is 0 Å². The molecule has 1 N–H and O–H groups in total. The van der Waals surface area contributed by atoms with E-state index in [0.717, 1.165) is 19.0 Å². The third kappa shape index (κ3) is 0.565. The zero-order valence-electron chi connectivity index (χ0n) is 4.93. The first-order valence-electron chi connectivity index (χ1n) is 3.34. The van der Waals surface area contributed by atoms with Crippen LogP contribution in [0.5, 0.6) is 0 Å². The van der Waals surface area contributed by atoms with E-state index in [1.165, 1.54) is 13.0 Å². The average Bonchev–Trinajstić information content (AvgIpc) is 2.15. The molecule has 0 aromatic carbocycles. The van der Waals surface area contributed by atoms with Crippen molar-refractivity contribution in [3.63, 3.8) is 0 Å². The van der Waals surface area contributed by atoms with Gasteiger partial charge in [-0.3, -0.25) is 0 Å². The second-order valence-electron chi connectivity index (χ2n) is 2.68. The van der Waals surface area contributed by atoms with Crippen molar-refractivity contribution in [2.45, 2.75) is 12.5 Å². The van der Waals surface area contributed by atoms with Crippen LogP contribution < -0.4 is 10.6 Å². The van der Waals surface area contributed by atoms with Crippen LogP contribution in [0.3, 0.4) is 0 Å². The number of nitrogens with one attached hydrogen (secondary N) is 1. The Morgan fingerprint density at radius 2 is 2.38 bits per heavy atom. The van der Waals surface area contributed by atoms with Crippen molar-refractivity contribution in [1.82, 2.24) is 10.6 Å². The molecule has 0 bridgehead atoms. The molecule has 0 aromatic rings. The van der Waals surface area contributed by atoms with E-state index >= 15 is 0 Å². The van der Waals surface area contributed by atoms with Crippen LogP contribution >= 0.6 is 0 Å². The van der Waals surface area contributed by atoms with E-state index in [1.807, 2.05) is 0 Å². The summed E-state index contributed by atoms with van der Waals surface area (Å²) in [5.74, 6) is 0.898. The van der Waals surface area contributed by atoms with Gasteiger partial charge < -0.3 is 5.32 Å². The Hall–Kier alpha value is -0.0800. The first-order valence-corrected chi connectivity index (χ1v) is 3.34. The summed E-state index contributed by atoms with van der Waals surface area (Å²) >= 11 is 0. The highest BCUT2D eigenvalue weighted by molar-refractivity contribution is 4.91. The maximum atomic E-state index is 4.44. The number of hydrogen-bond donors (Lipinski definition) is 1. The van der Waals surface area contributed by atoms with Crippen molar-refractivity contribution >= 4 is 0 Å². The summed E-state index contributed by atoms with van der Waals surface area (Å²) in [5, 5.41) is 7.77. The third-order valence-corrected chi connectivity index (χ3v) is 2.17. The lowest BCUT2D eigenvalue weighted by Gasteiger charge is -2.01. The first-order chi connectivity index (χ1) is 3.97. The lowest BCUT2D eigenvalue weighted by atomic mass is 10.1. The summed E-state index contributed by atoms with van der Waals surface area (Å²) in [4.78, 5) is 0. The van der Waals surface area contributed by atoms with Gasteiger partial charge in [-0.05, 0) is 18.9 Å². The maximum absolute atomic E-state index is 4.44. The van der Waals surface area contributed by atoms with E-state index in [2.05, 4.69) is 10.6 Å². The molecule has 45 valence electrons. The van der Waals surface area contributed by atoms with Crippen molar-refractivity contribution in [1.29, 1.82) is 0 Å². The van der Waals surface area contributed by atoms with E-state index < -0.39 is 0 Å². The number of nitrogens with zero attached hydrogens (tertiary/aromatic N) is 1. The summed E-state index contributed by atoms with van der Waals surface area (Å²) in [6.07, 6.45) is 1.33. The van der Waals surface area contributed by atoms with Gasteiger partial charge >= 0.3 is 0 Å². The minimum atomic E-state index is 0.690. The molecule has 2 fully saturated rings. The normalized spacial score (nSPS) is 45.0. The van der Waals surface area contributed by atoms with Gasteiger partial charge in [0.2, 0.25) is 0 Å². The number of rotatable bonds is 0. The fraction of sp³-hybridized carbons (Fsp3) is 1.00. The van der Waals surface area contributed by atoms with Crippen LogP contribution in [0.25, 0.3) is 0 Å². The number of fused-ring (bicyclic) bond motifs is 1. The van der Waals surface area contributed by atoms with Gasteiger partial charge in [-0.2, -0.15) is 0 Å². The Labute approximate surface area is 49.7 Å². The highest BCUT2D eigenvalue weighted by Gasteiger charge is 2.31. The maximum Gasteiger partial charge on any atom is 0.0411 e. The Bertz CT molecular complexity index is 72.5. The second-order valence-corrected chi connectivity index (χ2v) is 2.68. The molecule has 1 radical (unpaired) electrons. The molecule has 2 heterocycles. The molecule has 0 saturated carbocycles. The van der Waals surface area contributed by atoms with Gasteiger partial charge in [0, 0.05) is 19.1 Å². The molecule has 2 aliphatic rings. The van der Waals surface area contributed by atoms with Crippen LogP contribution in [0.4, 0.5) is 0 Å². The van der Waals surface area contributed by atoms with Crippen molar-refractivity contribution in [3.8, 4) is 0 Å². The van der Waals surface area contributed by atoms with Gasteiger partial charge in [-0.15, -0.1) is 0 Å². The average molecular weight is 111 g/mol. The predicted molar refractivity (Wildman–Crippen MR) is 31.8 cm³/mol. The zero-order chi connectivity index (χ0) is 5.40. The monoisotopic (exact) mass is 111 g/mol. The van der Waals surface area contributed by atoms with Crippen molar-refractivity contribution in [3.05, 3.63) is 0 Å². The molecule has 0 spiro atoms. The lowest BCUT2D eigenvalue weighted by molar-refractivity contribution is 0.550. The SMILES string of the molecule is C1C[C@@H]2CNC[C@@H]2[N]1. The van der Waals surface area contributed by atoms with Crippen LogP contribution in [0.2, 0.25) is 0 Å². The van der Waals surface area contributed by atoms with Crippen LogP contribution in [0, 0.1) is 5.92 Å². The molecule has 0 unspecified atom stereocenters. The Morgan fingerprint density at radius 3 is 3.25 bits per heavy atom. The van der Waals surface area contributed by atoms with Crippen LogP contribution in [-0.4, -0.2) is 25.7 Å². The standard InChI is InChI=1S/C6H11N2/c1-2-8-6-4-7-3-5(1)6/h5-7H,1-4H2/t5-,6+/m1/s1. The fourth-order valence-electron chi connectivity index (χ4n) is 1.63. The molecular weight excluding hydrogens is 100 g/mol. The third-order valence-electron chi connectivity index (χ3n) is 2.17. The van der Waals surface area contributed by atoms with Gasteiger partial charge in [0.15, 0.2) is 0 Å². The van der Waals surface area contributed by atoms with Gasteiger partial charge in [-0.25, -0.2) is 5.32 Å². The minimum absolute atomic E-state index is 0.690. The van der Waals surface area contributed by atoms with Crippen LogP contribution in [0.1, 0.15) is 6.42 Å². The Kier molecular flexibility index (Phi) is 1.02. The van der Waals surface area contributed by atoms with E-state index in [9.17, 15) is 0 Å². The van der Waals surface area contributed by atoms with Gasteiger partial charge in [-0.1, -0.05) is 0 Å². The van der Waals surface area contributed by atoms with Crippen LogP contribution in [0.15, 0.2) is 0 Å². The molecule has 2 atom stereocenters. The van der Waals surface area contributed by atoms with E-state index in [4.69, 9.17) is 0 Å². The first kappa shape index (κ1) is 4.77. The predicted octanol–water partition coefficient (Wildman–Crippen LogP) is -0.417. The van der Waals surface area contributed by atoms with Crippen molar-refractivity contribution in [2.75, 3.05) is 19.6 Å². The largest absolute Gasteiger partial charge is 0.315 e. The molecule has 0 amide bonds. The smallest absolute Gasteiger partial charge is 0.0411 e. The minimum Gasteiger partial charge on any atom is -0.315 e. The summed E-state index contributed by atoms with van der Waals surface area (Å²) in [5.41, 5.74) is 0. The second kappa shape index (κ2) is 1.71. The van der Waals surface area contributed by atoms with Crippen molar-refractivity contribution in [2.24, 2.45) is 5.92 Å². The molecule has 8 heavy (non-hydrogen) atoms. The van der Waals surface area contributed by atoms with E-state index in [-0.39, 0.29) is 0 Å². The fourth-order valence-corrected chi connectivity index (χ4v) is 1.63. The quantitative estimate of drug-likeness (QED) is 0.451. The summed E-state index contributed by atoms with van der Waals surface area (Å²) in [7, 11) is 0. The molecular formula is C6H11N2.